The number of hydrogen-bond acceptors (Lipinski definition) is 5. The molecule has 0 saturated carbocycles. The molecule has 1 atom stereocenters. The fraction of sp³-hybridized carbons (Fsp3) is 0.556. The van der Waals surface area contributed by atoms with Crippen molar-refractivity contribution in [3.05, 3.63) is 33.9 Å². The zero-order chi connectivity index (χ0) is 20.4. The Morgan fingerprint density at radius 3 is 2.56 bits per heavy atom. The quantitative estimate of drug-likeness (QED) is 0.614. The van der Waals surface area contributed by atoms with Crippen LogP contribution in [-0.4, -0.2) is 63.5 Å². The smallest absolute Gasteiger partial charge is 0.408 e. The first-order chi connectivity index (χ1) is 12.6. The van der Waals surface area contributed by atoms with Crippen LogP contribution in [0.15, 0.2) is 18.2 Å². The number of nitrogens with zero attached hydrogens (tertiary/aromatic N) is 3. The number of carbonyl (C=O) groups excluding carboxylic acids is 1. The average molecular weight is 378 g/mol. The number of amides is 2. The normalized spacial score (nSPS) is 17.3. The molecule has 27 heavy (non-hydrogen) atoms. The average Bonchev–Trinajstić information content (AvgIpc) is 2.59. The highest BCUT2D eigenvalue weighted by atomic mass is 16.6. The molecule has 148 valence electrons. The summed E-state index contributed by atoms with van der Waals surface area (Å²) < 4.78 is 0. The molecule has 9 heteroatoms. The van der Waals surface area contributed by atoms with Gasteiger partial charge in [-0.05, 0) is 45.7 Å². The number of nitrogens with one attached hydrogen (secondary N) is 1. The second-order valence-electron chi connectivity index (χ2n) is 7.61. The Balaban J connectivity index is 2.25. The molecular formula is C18H26N4O5. The third-order valence-corrected chi connectivity index (χ3v) is 4.69. The maximum Gasteiger partial charge on any atom is 0.408 e. The van der Waals surface area contributed by atoms with E-state index in [9.17, 15) is 24.8 Å². The monoisotopic (exact) mass is 378 g/mol. The molecule has 2 amide bonds. The molecule has 2 N–H and O–H groups in total. The highest BCUT2D eigenvalue weighted by Gasteiger charge is 2.37. The van der Waals surface area contributed by atoms with Crippen LogP contribution in [0.3, 0.4) is 0 Å². The number of likely N-dealkylation sites (tertiary alicyclic amines) is 1. The van der Waals surface area contributed by atoms with E-state index in [1.54, 1.807) is 18.0 Å². The number of carbonyl (C=O) groups is 2. The number of nitro groups is 1. The van der Waals surface area contributed by atoms with Crippen molar-refractivity contribution in [2.45, 2.75) is 45.2 Å². The Morgan fingerprint density at radius 2 is 2.04 bits per heavy atom. The summed E-state index contributed by atoms with van der Waals surface area (Å²) in [7, 11) is 1.58. The van der Waals surface area contributed by atoms with E-state index in [1.165, 1.54) is 17.0 Å². The molecule has 1 aromatic carbocycles. The van der Waals surface area contributed by atoms with Gasteiger partial charge in [0.15, 0.2) is 0 Å². The first kappa shape index (κ1) is 20.5. The molecule has 0 radical (unpaired) electrons. The summed E-state index contributed by atoms with van der Waals surface area (Å²) in [6.45, 7) is 6.23. The first-order valence-corrected chi connectivity index (χ1v) is 8.84. The van der Waals surface area contributed by atoms with Gasteiger partial charge in [0.1, 0.15) is 5.69 Å². The molecule has 0 aromatic heterocycles. The van der Waals surface area contributed by atoms with Gasteiger partial charge in [-0.3, -0.25) is 19.8 Å². The summed E-state index contributed by atoms with van der Waals surface area (Å²) in [4.78, 5) is 38.3. The van der Waals surface area contributed by atoms with Crippen molar-refractivity contribution in [1.82, 2.24) is 9.80 Å². The lowest BCUT2D eigenvalue weighted by Crippen LogP contribution is -2.57. The van der Waals surface area contributed by atoms with Crippen LogP contribution in [0, 0.1) is 10.1 Å². The lowest BCUT2D eigenvalue weighted by atomic mass is 9.97. The van der Waals surface area contributed by atoms with E-state index in [1.807, 2.05) is 20.8 Å². The predicted octanol–water partition coefficient (Wildman–Crippen LogP) is 3.02. The molecule has 1 heterocycles. The minimum atomic E-state index is -1.02. The zero-order valence-corrected chi connectivity index (χ0v) is 16.1. The van der Waals surface area contributed by atoms with Crippen molar-refractivity contribution < 1.29 is 19.6 Å². The van der Waals surface area contributed by atoms with Crippen LogP contribution in [0.25, 0.3) is 0 Å². The Morgan fingerprint density at radius 1 is 1.37 bits per heavy atom. The van der Waals surface area contributed by atoms with Crippen molar-refractivity contribution in [2.75, 3.05) is 25.5 Å². The third kappa shape index (κ3) is 4.47. The minimum absolute atomic E-state index is 0.168. The van der Waals surface area contributed by atoms with Gasteiger partial charge in [0.05, 0.1) is 11.0 Å². The number of nitro benzene ring substituents is 1. The molecule has 0 aliphatic carbocycles. The lowest BCUT2D eigenvalue weighted by Gasteiger charge is -2.44. The van der Waals surface area contributed by atoms with Crippen molar-refractivity contribution in [1.29, 1.82) is 0 Å². The second-order valence-corrected chi connectivity index (χ2v) is 7.61. The molecule has 1 saturated heterocycles. The van der Waals surface area contributed by atoms with Crippen LogP contribution < -0.4 is 5.32 Å². The van der Waals surface area contributed by atoms with Crippen LogP contribution >= 0.6 is 0 Å². The van der Waals surface area contributed by atoms with Gasteiger partial charge in [0, 0.05) is 37.3 Å². The van der Waals surface area contributed by atoms with Crippen molar-refractivity contribution in [3.8, 4) is 0 Å². The van der Waals surface area contributed by atoms with Crippen LogP contribution in [-0.2, 0) is 0 Å². The Hall–Kier alpha value is -2.84. The van der Waals surface area contributed by atoms with Crippen molar-refractivity contribution in [2.24, 2.45) is 0 Å². The van der Waals surface area contributed by atoms with Gasteiger partial charge >= 0.3 is 6.09 Å². The van der Waals surface area contributed by atoms with E-state index in [0.717, 1.165) is 0 Å². The molecule has 0 bridgehead atoms. The van der Waals surface area contributed by atoms with Crippen LogP contribution in [0.4, 0.5) is 16.2 Å². The van der Waals surface area contributed by atoms with E-state index in [-0.39, 0.29) is 29.7 Å². The highest BCUT2D eigenvalue weighted by molar-refractivity contribution is 5.96. The van der Waals surface area contributed by atoms with Gasteiger partial charge in [0.25, 0.3) is 11.6 Å². The molecule has 1 unspecified atom stereocenters. The van der Waals surface area contributed by atoms with Crippen LogP contribution in [0.2, 0.25) is 0 Å². The molecule has 1 aliphatic rings. The van der Waals surface area contributed by atoms with E-state index >= 15 is 0 Å². The van der Waals surface area contributed by atoms with Crippen LogP contribution in [0.5, 0.6) is 0 Å². The topological polar surface area (TPSA) is 116 Å². The Labute approximate surface area is 158 Å². The fourth-order valence-electron chi connectivity index (χ4n) is 3.55. The number of piperidine rings is 1. The molecule has 2 rings (SSSR count). The van der Waals surface area contributed by atoms with Gasteiger partial charge in [-0.15, -0.1) is 0 Å². The molecule has 9 nitrogen and oxygen atoms in total. The summed E-state index contributed by atoms with van der Waals surface area (Å²) in [5.41, 5.74) is -0.203. The lowest BCUT2D eigenvalue weighted by molar-refractivity contribution is -0.384. The van der Waals surface area contributed by atoms with E-state index < -0.39 is 16.6 Å². The molecule has 1 fully saturated rings. The maximum atomic E-state index is 12.9. The summed E-state index contributed by atoms with van der Waals surface area (Å²) in [5, 5.41) is 23.6. The number of benzene rings is 1. The molecule has 1 aromatic rings. The van der Waals surface area contributed by atoms with Crippen LogP contribution in [0.1, 0.15) is 44.0 Å². The Bertz CT molecular complexity index is 744. The van der Waals surface area contributed by atoms with Gasteiger partial charge < -0.3 is 15.3 Å². The van der Waals surface area contributed by atoms with Gasteiger partial charge in [0.2, 0.25) is 0 Å². The number of anilines is 1. The number of rotatable bonds is 4. The largest absolute Gasteiger partial charge is 0.465 e. The van der Waals surface area contributed by atoms with Gasteiger partial charge in [-0.1, -0.05) is 0 Å². The minimum Gasteiger partial charge on any atom is -0.465 e. The van der Waals surface area contributed by atoms with Gasteiger partial charge in [-0.25, -0.2) is 4.79 Å². The maximum absolute atomic E-state index is 12.9. The van der Waals surface area contributed by atoms with E-state index in [2.05, 4.69) is 5.32 Å². The standard InChI is InChI=1S/C18H26N4O5/c1-18(2,3)21(17(24)25)13-6-5-9-20(11-13)16(23)12-7-8-14(19-4)15(10-12)22(26)27/h7-8,10,13,19H,5-6,9,11H2,1-4H3,(H,24,25). The highest BCUT2D eigenvalue weighted by Crippen LogP contribution is 2.28. The molecular weight excluding hydrogens is 352 g/mol. The van der Waals surface area contributed by atoms with E-state index in [0.29, 0.717) is 25.1 Å². The summed E-state index contributed by atoms with van der Waals surface area (Å²) in [6.07, 6.45) is 0.329. The molecule has 0 spiro atoms. The summed E-state index contributed by atoms with van der Waals surface area (Å²) in [5.74, 6) is -0.329. The summed E-state index contributed by atoms with van der Waals surface area (Å²) in [6, 6.07) is 4.00. The predicted molar refractivity (Wildman–Crippen MR) is 101 cm³/mol. The second kappa shape index (κ2) is 7.81. The van der Waals surface area contributed by atoms with E-state index in [4.69, 9.17) is 0 Å². The van der Waals surface area contributed by atoms with Gasteiger partial charge in [-0.2, -0.15) is 0 Å². The third-order valence-electron chi connectivity index (χ3n) is 4.69. The molecule has 1 aliphatic heterocycles. The SMILES string of the molecule is CNc1ccc(C(=O)N2CCCC(N(C(=O)O)C(C)(C)C)C2)cc1[N+](=O)[O-]. The number of hydrogen-bond donors (Lipinski definition) is 2. The van der Waals surface area contributed by atoms with Crippen molar-refractivity contribution in [3.63, 3.8) is 0 Å². The zero-order valence-electron chi connectivity index (χ0n) is 16.1. The summed E-state index contributed by atoms with van der Waals surface area (Å²) >= 11 is 0. The number of carboxylic acid groups (broad SMARTS) is 1. The first-order valence-electron chi connectivity index (χ1n) is 8.84. The Kier molecular flexibility index (Phi) is 5.92. The fourth-order valence-corrected chi connectivity index (χ4v) is 3.55. The van der Waals surface area contributed by atoms with Crippen molar-refractivity contribution >= 4 is 23.4 Å².